The molecule has 0 bridgehead atoms. The summed E-state index contributed by atoms with van der Waals surface area (Å²) < 4.78 is 0. The van der Waals surface area contributed by atoms with Crippen LogP contribution in [0.5, 0.6) is 0 Å². The monoisotopic (exact) mass is 319 g/mol. The van der Waals surface area contributed by atoms with Gasteiger partial charge in [0.1, 0.15) is 10.5 Å². The molecule has 1 N–H and O–H groups in total. The molecule has 8 nitrogen and oxygen atoms in total. The molecule has 3 rings (SSSR count). The molecule has 9 heteroatoms. The van der Waals surface area contributed by atoms with Gasteiger partial charge >= 0.3 is 0 Å². The van der Waals surface area contributed by atoms with Crippen molar-refractivity contribution in [2.75, 3.05) is 0 Å². The van der Waals surface area contributed by atoms with Crippen LogP contribution in [0.4, 0.5) is 11.4 Å². The molecule has 0 saturated heterocycles. The van der Waals surface area contributed by atoms with E-state index >= 15 is 0 Å². The molecule has 3 aromatic rings. The fourth-order valence-electron chi connectivity index (χ4n) is 2.31. The van der Waals surface area contributed by atoms with Gasteiger partial charge in [-0.25, -0.2) is 0 Å². The molecule has 0 amide bonds. The van der Waals surface area contributed by atoms with Crippen molar-refractivity contribution in [3.05, 3.63) is 65.8 Å². The van der Waals surface area contributed by atoms with Gasteiger partial charge in [0.05, 0.1) is 21.3 Å². The summed E-state index contributed by atoms with van der Waals surface area (Å²) in [4.78, 5) is 35.8. The third-order valence-electron chi connectivity index (χ3n) is 3.28. The molecule has 0 saturated carbocycles. The standard InChI is InChI=1S/C13H6ClN3O5/c14-11-8(16(19)20)5-9(17(21)22)12-10(11)13(18)6-3-1-2-4-7(6)15-12/h1-5H,(H,15,18). The van der Waals surface area contributed by atoms with Crippen molar-refractivity contribution < 1.29 is 9.85 Å². The number of pyridine rings is 1. The van der Waals surface area contributed by atoms with E-state index in [4.69, 9.17) is 11.6 Å². The second-order valence-electron chi connectivity index (χ2n) is 4.49. The maximum Gasteiger partial charge on any atom is 0.300 e. The number of aromatic amines is 1. The lowest BCUT2D eigenvalue weighted by Crippen LogP contribution is -2.08. The Bertz CT molecular complexity index is 1030. The summed E-state index contributed by atoms with van der Waals surface area (Å²) in [5, 5.41) is 21.7. The molecule has 0 aliphatic carbocycles. The fraction of sp³-hybridized carbons (Fsp3) is 0. The number of rotatable bonds is 2. The van der Waals surface area contributed by atoms with E-state index in [9.17, 15) is 25.0 Å². The summed E-state index contributed by atoms with van der Waals surface area (Å²) in [5.41, 5.74) is -1.60. The third kappa shape index (κ3) is 1.89. The number of non-ortho nitro benzene ring substituents is 1. The first kappa shape index (κ1) is 14.0. The number of nitrogens with zero attached hydrogens (tertiary/aromatic N) is 2. The molecule has 0 atom stereocenters. The molecule has 0 radical (unpaired) electrons. The lowest BCUT2D eigenvalue weighted by Gasteiger charge is -2.05. The SMILES string of the molecule is O=c1c2ccccc2[nH]c2c([N+](=O)[O-])cc([N+](=O)[O-])c(Cl)c12. The van der Waals surface area contributed by atoms with Crippen LogP contribution in [-0.2, 0) is 0 Å². The minimum atomic E-state index is -0.858. The largest absolute Gasteiger partial charge is 0.349 e. The zero-order valence-corrected chi connectivity index (χ0v) is 11.5. The van der Waals surface area contributed by atoms with Gasteiger partial charge in [-0.05, 0) is 12.1 Å². The van der Waals surface area contributed by atoms with Crippen molar-refractivity contribution in [2.24, 2.45) is 0 Å². The summed E-state index contributed by atoms with van der Waals surface area (Å²) in [6.45, 7) is 0. The lowest BCUT2D eigenvalue weighted by atomic mass is 10.1. The highest BCUT2D eigenvalue weighted by atomic mass is 35.5. The highest BCUT2D eigenvalue weighted by Gasteiger charge is 2.27. The molecule has 0 spiro atoms. The van der Waals surface area contributed by atoms with Crippen molar-refractivity contribution in [1.82, 2.24) is 4.98 Å². The van der Waals surface area contributed by atoms with E-state index in [1.54, 1.807) is 18.2 Å². The van der Waals surface area contributed by atoms with Crippen LogP contribution >= 0.6 is 11.6 Å². The van der Waals surface area contributed by atoms with Gasteiger partial charge in [-0.2, -0.15) is 0 Å². The number of hydrogen-bond donors (Lipinski definition) is 1. The van der Waals surface area contributed by atoms with E-state index in [2.05, 4.69) is 4.98 Å². The van der Waals surface area contributed by atoms with Crippen molar-refractivity contribution in [1.29, 1.82) is 0 Å². The minimum absolute atomic E-state index is 0.135. The quantitative estimate of drug-likeness (QED) is 0.442. The van der Waals surface area contributed by atoms with Gasteiger partial charge in [-0.3, -0.25) is 25.0 Å². The number of hydrogen-bond acceptors (Lipinski definition) is 5. The first-order valence-electron chi connectivity index (χ1n) is 5.98. The Balaban J connectivity index is 2.66. The number of benzene rings is 2. The van der Waals surface area contributed by atoms with E-state index in [0.717, 1.165) is 6.07 Å². The van der Waals surface area contributed by atoms with E-state index < -0.39 is 31.7 Å². The molecule has 22 heavy (non-hydrogen) atoms. The Labute approximate surface area is 126 Å². The van der Waals surface area contributed by atoms with Crippen LogP contribution in [0, 0.1) is 20.2 Å². The van der Waals surface area contributed by atoms with Crippen molar-refractivity contribution >= 4 is 44.8 Å². The van der Waals surface area contributed by atoms with Crippen LogP contribution < -0.4 is 5.43 Å². The Morgan fingerprint density at radius 3 is 2.32 bits per heavy atom. The molecule has 1 aromatic heterocycles. The van der Waals surface area contributed by atoms with Gasteiger partial charge in [0, 0.05) is 10.9 Å². The van der Waals surface area contributed by atoms with Crippen LogP contribution in [0.1, 0.15) is 0 Å². The number of halogens is 1. The summed E-state index contributed by atoms with van der Waals surface area (Å²) >= 11 is 5.93. The number of nitro groups is 2. The molecular formula is C13H6ClN3O5. The molecule has 0 fully saturated rings. The third-order valence-corrected chi connectivity index (χ3v) is 3.66. The van der Waals surface area contributed by atoms with E-state index in [1.165, 1.54) is 6.07 Å². The predicted molar refractivity (Wildman–Crippen MR) is 80.4 cm³/mol. The van der Waals surface area contributed by atoms with Crippen LogP contribution in [-0.4, -0.2) is 14.8 Å². The average Bonchev–Trinajstić information content (AvgIpc) is 2.46. The Hall–Kier alpha value is -3.00. The predicted octanol–water partition coefficient (Wildman–Crippen LogP) is 3.15. The first-order chi connectivity index (χ1) is 10.4. The number of nitrogens with one attached hydrogen (secondary N) is 1. The molecule has 0 unspecified atom stereocenters. The van der Waals surface area contributed by atoms with Gasteiger partial charge in [0.25, 0.3) is 11.4 Å². The van der Waals surface area contributed by atoms with Crippen LogP contribution in [0.3, 0.4) is 0 Å². The zero-order valence-electron chi connectivity index (χ0n) is 10.7. The molecule has 2 aromatic carbocycles. The number of H-pyrrole nitrogens is 1. The maximum atomic E-state index is 12.5. The first-order valence-corrected chi connectivity index (χ1v) is 6.35. The number of aromatic nitrogens is 1. The van der Waals surface area contributed by atoms with Crippen LogP contribution in [0.25, 0.3) is 21.8 Å². The zero-order chi connectivity index (χ0) is 16.0. The van der Waals surface area contributed by atoms with Crippen molar-refractivity contribution in [2.45, 2.75) is 0 Å². The molecule has 0 aliphatic heterocycles. The lowest BCUT2D eigenvalue weighted by molar-refractivity contribution is -0.393. The van der Waals surface area contributed by atoms with Crippen molar-refractivity contribution in [3.8, 4) is 0 Å². The van der Waals surface area contributed by atoms with Gasteiger partial charge in [-0.15, -0.1) is 0 Å². The van der Waals surface area contributed by atoms with Crippen LogP contribution in [0.15, 0.2) is 35.1 Å². The average molecular weight is 320 g/mol. The smallest absolute Gasteiger partial charge is 0.300 e. The minimum Gasteiger partial charge on any atom is -0.349 e. The number of nitro benzene ring substituents is 2. The van der Waals surface area contributed by atoms with E-state index in [0.29, 0.717) is 5.52 Å². The molecule has 0 aliphatic rings. The Kier molecular flexibility index (Phi) is 3.03. The van der Waals surface area contributed by atoms with E-state index in [1.807, 2.05) is 0 Å². The number of fused-ring (bicyclic) bond motifs is 2. The van der Waals surface area contributed by atoms with Gasteiger partial charge in [0.2, 0.25) is 0 Å². The molecule has 110 valence electrons. The fourth-order valence-corrected chi connectivity index (χ4v) is 2.61. The van der Waals surface area contributed by atoms with Gasteiger partial charge in [-0.1, -0.05) is 23.7 Å². The highest BCUT2D eigenvalue weighted by molar-refractivity contribution is 6.38. The van der Waals surface area contributed by atoms with Crippen LogP contribution in [0.2, 0.25) is 5.02 Å². The Morgan fingerprint density at radius 2 is 1.68 bits per heavy atom. The normalized spacial score (nSPS) is 11.0. The van der Waals surface area contributed by atoms with Gasteiger partial charge in [0.15, 0.2) is 5.43 Å². The topological polar surface area (TPSA) is 119 Å². The maximum absolute atomic E-state index is 12.5. The molecule has 1 heterocycles. The number of para-hydroxylation sites is 1. The second kappa shape index (κ2) is 4.78. The summed E-state index contributed by atoms with van der Waals surface area (Å²) in [6.07, 6.45) is 0. The van der Waals surface area contributed by atoms with Gasteiger partial charge < -0.3 is 4.98 Å². The Morgan fingerprint density at radius 1 is 1.05 bits per heavy atom. The summed E-state index contributed by atoms with van der Waals surface area (Å²) in [5.74, 6) is 0. The molecular weight excluding hydrogens is 314 g/mol. The highest BCUT2D eigenvalue weighted by Crippen LogP contribution is 2.37. The summed E-state index contributed by atoms with van der Waals surface area (Å²) in [6, 6.07) is 7.10. The van der Waals surface area contributed by atoms with Crippen molar-refractivity contribution in [3.63, 3.8) is 0 Å². The second-order valence-corrected chi connectivity index (χ2v) is 4.87. The summed E-state index contributed by atoms with van der Waals surface area (Å²) in [7, 11) is 0. The van der Waals surface area contributed by atoms with E-state index in [-0.39, 0.29) is 16.3 Å².